The molecule has 5 nitrogen and oxygen atoms in total. The van der Waals surface area contributed by atoms with Crippen LogP contribution in [0.25, 0.3) is 0 Å². The monoisotopic (exact) mass is 272 g/mol. The lowest BCUT2D eigenvalue weighted by Crippen LogP contribution is -2.23. The summed E-state index contributed by atoms with van der Waals surface area (Å²) in [6, 6.07) is 7.63. The second kappa shape index (κ2) is 6.64. The Morgan fingerprint density at radius 3 is 2.79 bits per heavy atom. The molecule has 0 radical (unpaired) electrons. The van der Waals surface area contributed by atoms with Crippen molar-refractivity contribution in [2.75, 3.05) is 6.54 Å². The zero-order valence-electron chi connectivity index (χ0n) is 10.1. The quantitative estimate of drug-likeness (QED) is 0.809. The smallest absolute Gasteiger partial charge is 0.273 e. The molecule has 0 aliphatic rings. The predicted molar refractivity (Wildman–Crippen MR) is 73.5 cm³/mol. The van der Waals surface area contributed by atoms with Gasteiger partial charge in [0.05, 0.1) is 6.54 Å². The first kappa shape index (κ1) is 13.2. The van der Waals surface area contributed by atoms with Crippen LogP contribution in [-0.2, 0) is 6.54 Å². The Morgan fingerprint density at radius 2 is 2.16 bits per heavy atom. The third kappa shape index (κ3) is 3.88. The van der Waals surface area contributed by atoms with Gasteiger partial charge in [0.2, 0.25) is 0 Å². The van der Waals surface area contributed by atoms with E-state index in [1.807, 2.05) is 24.3 Å². The number of nitrogens with two attached hydrogens (primary N) is 1. The maximum atomic E-state index is 11.6. The fraction of sp³-hybridized carbons (Fsp3) is 0.154. The Labute approximate surface area is 115 Å². The minimum absolute atomic E-state index is 0.222. The Bertz CT molecular complexity index is 596. The molecule has 0 atom stereocenters. The average molecular weight is 272 g/mol. The number of benzene rings is 1. The fourth-order valence-corrected chi connectivity index (χ4v) is 1.83. The van der Waals surface area contributed by atoms with E-state index in [4.69, 9.17) is 5.73 Å². The number of carbonyl (C=O) groups excluding carboxylic acids is 1. The van der Waals surface area contributed by atoms with E-state index < -0.39 is 0 Å². The Kier molecular flexibility index (Phi) is 4.61. The van der Waals surface area contributed by atoms with Gasteiger partial charge in [-0.2, -0.15) is 0 Å². The van der Waals surface area contributed by atoms with Crippen molar-refractivity contribution in [2.24, 2.45) is 5.73 Å². The van der Waals surface area contributed by atoms with E-state index in [2.05, 4.69) is 26.7 Å². The van der Waals surface area contributed by atoms with E-state index in [1.54, 1.807) is 5.38 Å². The molecule has 1 heterocycles. The van der Waals surface area contributed by atoms with E-state index in [0.717, 1.165) is 22.7 Å². The van der Waals surface area contributed by atoms with Crippen LogP contribution in [0, 0.1) is 11.8 Å². The van der Waals surface area contributed by atoms with Crippen molar-refractivity contribution < 1.29 is 4.79 Å². The fourth-order valence-electron chi connectivity index (χ4n) is 1.40. The van der Waals surface area contributed by atoms with Gasteiger partial charge in [-0.3, -0.25) is 4.79 Å². The minimum atomic E-state index is -0.222. The first-order valence-electron chi connectivity index (χ1n) is 5.62. The van der Waals surface area contributed by atoms with Crippen LogP contribution in [0.4, 0.5) is 0 Å². The molecule has 0 aliphatic carbocycles. The molecule has 0 spiro atoms. The molecule has 0 aliphatic heterocycles. The lowest BCUT2D eigenvalue weighted by molar-refractivity contribution is 0.0946. The highest BCUT2D eigenvalue weighted by Crippen LogP contribution is 2.04. The standard InChI is InChI=1S/C13H12N4OS/c14-7-1-2-10-3-5-11(6-4-10)8-15-13(18)12-9-19-17-16-12/h3-6,9H,7-8,14H2,(H,15,18). The zero-order valence-corrected chi connectivity index (χ0v) is 10.9. The molecular formula is C13H12N4OS. The van der Waals surface area contributed by atoms with E-state index in [9.17, 15) is 4.79 Å². The summed E-state index contributed by atoms with van der Waals surface area (Å²) >= 11 is 1.15. The zero-order chi connectivity index (χ0) is 13.5. The van der Waals surface area contributed by atoms with Crippen LogP contribution in [0.15, 0.2) is 29.6 Å². The van der Waals surface area contributed by atoms with Crippen LogP contribution in [0.5, 0.6) is 0 Å². The van der Waals surface area contributed by atoms with Gasteiger partial charge < -0.3 is 11.1 Å². The molecule has 0 fully saturated rings. The molecule has 1 aromatic carbocycles. The highest BCUT2D eigenvalue weighted by molar-refractivity contribution is 7.03. The van der Waals surface area contributed by atoms with E-state index in [1.165, 1.54) is 0 Å². The van der Waals surface area contributed by atoms with Gasteiger partial charge in [-0.1, -0.05) is 28.5 Å². The molecule has 0 saturated heterocycles. The summed E-state index contributed by atoms with van der Waals surface area (Å²) < 4.78 is 3.64. The first-order valence-corrected chi connectivity index (χ1v) is 6.46. The molecule has 19 heavy (non-hydrogen) atoms. The number of hydrogen-bond donors (Lipinski definition) is 2. The minimum Gasteiger partial charge on any atom is -0.347 e. The van der Waals surface area contributed by atoms with Gasteiger partial charge in [-0.25, -0.2) is 0 Å². The summed E-state index contributed by atoms with van der Waals surface area (Å²) in [5.41, 5.74) is 7.55. The molecule has 2 rings (SSSR count). The first-order chi connectivity index (χ1) is 9.29. The van der Waals surface area contributed by atoms with Crippen molar-refractivity contribution in [1.82, 2.24) is 14.9 Å². The number of rotatable bonds is 3. The Hall–Kier alpha value is -2.23. The van der Waals surface area contributed by atoms with E-state index in [-0.39, 0.29) is 5.91 Å². The number of hydrogen-bond acceptors (Lipinski definition) is 5. The summed E-state index contributed by atoms with van der Waals surface area (Å²) in [6.07, 6.45) is 0. The summed E-state index contributed by atoms with van der Waals surface area (Å²) in [6.45, 7) is 0.792. The van der Waals surface area contributed by atoms with Crippen LogP contribution in [0.3, 0.4) is 0 Å². The van der Waals surface area contributed by atoms with Gasteiger partial charge in [0.25, 0.3) is 5.91 Å². The van der Waals surface area contributed by atoms with Crippen molar-refractivity contribution in [1.29, 1.82) is 0 Å². The van der Waals surface area contributed by atoms with Gasteiger partial charge >= 0.3 is 0 Å². The summed E-state index contributed by atoms with van der Waals surface area (Å²) in [5.74, 6) is 5.50. The van der Waals surface area contributed by atoms with Crippen LogP contribution in [0.2, 0.25) is 0 Å². The van der Waals surface area contributed by atoms with Crippen molar-refractivity contribution in [3.8, 4) is 11.8 Å². The molecule has 0 saturated carbocycles. The third-order valence-corrected chi connectivity index (χ3v) is 2.84. The number of aromatic nitrogens is 2. The molecule has 0 unspecified atom stereocenters. The molecule has 2 aromatic rings. The van der Waals surface area contributed by atoms with Crippen LogP contribution < -0.4 is 11.1 Å². The summed E-state index contributed by atoms with van der Waals surface area (Å²) in [7, 11) is 0. The van der Waals surface area contributed by atoms with E-state index in [0.29, 0.717) is 18.8 Å². The second-order valence-corrected chi connectivity index (χ2v) is 4.29. The van der Waals surface area contributed by atoms with Gasteiger partial charge in [-0.05, 0) is 29.2 Å². The normalized spacial score (nSPS) is 9.53. The van der Waals surface area contributed by atoms with Crippen LogP contribution >= 0.6 is 11.5 Å². The van der Waals surface area contributed by atoms with Gasteiger partial charge in [0.15, 0.2) is 5.69 Å². The van der Waals surface area contributed by atoms with Crippen molar-refractivity contribution in [3.63, 3.8) is 0 Å². The summed E-state index contributed by atoms with van der Waals surface area (Å²) in [5, 5.41) is 8.09. The number of amides is 1. The number of nitrogens with zero attached hydrogens (tertiary/aromatic N) is 2. The number of carbonyl (C=O) groups is 1. The predicted octanol–water partition coefficient (Wildman–Crippen LogP) is 0.778. The second-order valence-electron chi connectivity index (χ2n) is 3.68. The third-order valence-electron chi connectivity index (χ3n) is 2.33. The molecular weight excluding hydrogens is 260 g/mol. The largest absolute Gasteiger partial charge is 0.347 e. The van der Waals surface area contributed by atoms with Gasteiger partial charge in [0, 0.05) is 17.5 Å². The maximum absolute atomic E-state index is 11.6. The van der Waals surface area contributed by atoms with E-state index >= 15 is 0 Å². The van der Waals surface area contributed by atoms with Gasteiger partial charge in [-0.15, -0.1) is 5.10 Å². The molecule has 0 bridgehead atoms. The molecule has 6 heteroatoms. The average Bonchev–Trinajstić information content (AvgIpc) is 2.98. The Morgan fingerprint density at radius 1 is 1.37 bits per heavy atom. The van der Waals surface area contributed by atoms with Crippen molar-refractivity contribution in [2.45, 2.75) is 6.54 Å². The molecule has 3 N–H and O–H groups in total. The lowest BCUT2D eigenvalue weighted by Gasteiger charge is -2.03. The van der Waals surface area contributed by atoms with Crippen molar-refractivity contribution >= 4 is 17.4 Å². The van der Waals surface area contributed by atoms with Crippen molar-refractivity contribution in [3.05, 3.63) is 46.5 Å². The topological polar surface area (TPSA) is 80.9 Å². The maximum Gasteiger partial charge on any atom is 0.273 e. The highest BCUT2D eigenvalue weighted by atomic mass is 32.1. The molecule has 1 amide bonds. The van der Waals surface area contributed by atoms with Crippen LogP contribution in [-0.4, -0.2) is 22.0 Å². The SMILES string of the molecule is NCC#Cc1ccc(CNC(=O)c2csnn2)cc1. The van der Waals surface area contributed by atoms with Gasteiger partial charge in [0.1, 0.15) is 0 Å². The highest BCUT2D eigenvalue weighted by Gasteiger charge is 2.07. The number of nitrogens with one attached hydrogen (secondary N) is 1. The molecule has 96 valence electrons. The lowest BCUT2D eigenvalue weighted by atomic mass is 10.1. The summed E-state index contributed by atoms with van der Waals surface area (Å²) in [4.78, 5) is 11.6. The molecule has 1 aromatic heterocycles. The Balaban J connectivity index is 1.91. The van der Waals surface area contributed by atoms with Crippen LogP contribution in [0.1, 0.15) is 21.6 Å².